The molecule has 0 aromatic heterocycles. The summed E-state index contributed by atoms with van der Waals surface area (Å²) in [6.07, 6.45) is 0. The van der Waals surface area contributed by atoms with Gasteiger partial charge in [-0.2, -0.15) is 0 Å². The molecule has 0 fully saturated rings. The quantitative estimate of drug-likeness (QED) is 0.798. The second-order valence-corrected chi connectivity index (χ2v) is 6.28. The lowest BCUT2D eigenvalue weighted by atomic mass is 9.93. The molecule has 0 bridgehead atoms. The van der Waals surface area contributed by atoms with Gasteiger partial charge in [0.15, 0.2) is 0 Å². The summed E-state index contributed by atoms with van der Waals surface area (Å²) in [5, 5.41) is 3.75. The number of hydrogen-bond donors (Lipinski definition) is 1. The van der Waals surface area contributed by atoms with Crippen molar-refractivity contribution in [3.8, 4) is 0 Å². The van der Waals surface area contributed by atoms with Gasteiger partial charge in [0.05, 0.1) is 0 Å². The zero-order chi connectivity index (χ0) is 15.6. The van der Waals surface area contributed by atoms with E-state index in [9.17, 15) is 0 Å². The van der Waals surface area contributed by atoms with Gasteiger partial charge in [0.25, 0.3) is 0 Å². The fraction of sp³-hybridized carbons (Fsp3) is 0.400. The maximum absolute atomic E-state index is 3.75. The molecule has 0 aliphatic carbocycles. The maximum atomic E-state index is 3.75. The predicted molar refractivity (Wildman–Crippen MR) is 91.8 cm³/mol. The molecule has 2 aromatic rings. The third-order valence-corrected chi connectivity index (χ3v) is 4.33. The molecule has 0 aliphatic heterocycles. The normalized spacial score (nSPS) is 14.0. The van der Waals surface area contributed by atoms with Crippen molar-refractivity contribution >= 4 is 0 Å². The van der Waals surface area contributed by atoms with Gasteiger partial charge in [-0.25, -0.2) is 0 Å². The van der Waals surface area contributed by atoms with E-state index in [1.807, 2.05) is 0 Å². The van der Waals surface area contributed by atoms with Crippen LogP contribution in [0.15, 0.2) is 36.4 Å². The van der Waals surface area contributed by atoms with Gasteiger partial charge in [0.2, 0.25) is 0 Å². The number of rotatable bonds is 4. The van der Waals surface area contributed by atoms with Crippen LogP contribution in [0.25, 0.3) is 0 Å². The number of nitrogens with one attached hydrogen (secondary N) is 1. The van der Waals surface area contributed by atoms with Crippen LogP contribution in [0.1, 0.15) is 59.3 Å². The zero-order valence-electron chi connectivity index (χ0n) is 14.1. The highest BCUT2D eigenvalue weighted by Gasteiger charge is 2.16. The Balaban J connectivity index is 2.22. The molecule has 1 N–H and O–H groups in total. The van der Waals surface area contributed by atoms with Crippen molar-refractivity contribution in [2.75, 3.05) is 0 Å². The predicted octanol–water partition coefficient (Wildman–Crippen LogP) is 5.33. The summed E-state index contributed by atoms with van der Waals surface area (Å²) in [6.45, 7) is 13.3. The van der Waals surface area contributed by atoms with Crippen LogP contribution in [0.3, 0.4) is 0 Å². The molecule has 2 atom stereocenters. The molecule has 1 unspecified atom stereocenters. The van der Waals surface area contributed by atoms with Crippen molar-refractivity contribution < 1.29 is 0 Å². The number of hydrogen-bond acceptors (Lipinski definition) is 1. The van der Waals surface area contributed by atoms with Crippen LogP contribution in [0.5, 0.6) is 0 Å². The van der Waals surface area contributed by atoms with Crippen molar-refractivity contribution in [2.24, 2.45) is 0 Å². The Labute approximate surface area is 129 Å². The van der Waals surface area contributed by atoms with Gasteiger partial charge in [0, 0.05) is 12.1 Å². The minimum atomic E-state index is 0.347. The lowest BCUT2D eigenvalue weighted by Gasteiger charge is -2.25. The Kier molecular flexibility index (Phi) is 4.84. The highest BCUT2D eigenvalue weighted by molar-refractivity contribution is 5.39. The van der Waals surface area contributed by atoms with E-state index in [2.05, 4.69) is 83.3 Å². The molecule has 21 heavy (non-hydrogen) atoms. The fourth-order valence-corrected chi connectivity index (χ4v) is 3.49. The van der Waals surface area contributed by atoms with Gasteiger partial charge in [-0.3, -0.25) is 0 Å². The van der Waals surface area contributed by atoms with Gasteiger partial charge in [-0.05, 0) is 69.4 Å². The van der Waals surface area contributed by atoms with E-state index in [1.54, 1.807) is 0 Å². The van der Waals surface area contributed by atoms with Gasteiger partial charge in [0.1, 0.15) is 0 Å². The number of aryl methyl sites for hydroxylation is 4. The minimum Gasteiger partial charge on any atom is -0.304 e. The smallest absolute Gasteiger partial charge is 0.0302 e. The van der Waals surface area contributed by atoms with Gasteiger partial charge < -0.3 is 5.32 Å². The molecule has 2 rings (SSSR count). The molecular weight excluding hydrogens is 254 g/mol. The Hall–Kier alpha value is -1.60. The molecule has 0 saturated carbocycles. The third-order valence-electron chi connectivity index (χ3n) is 4.33. The summed E-state index contributed by atoms with van der Waals surface area (Å²) < 4.78 is 0. The first-order chi connectivity index (χ1) is 9.90. The van der Waals surface area contributed by atoms with Gasteiger partial charge in [-0.1, -0.05) is 42.0 Å². The van der Waals surface area contributed by atoms with Crippen LogP contribution in [-0.2, 0) is 0 Å². The Morgan fingerprint density at radius 1 is 0.762 bits per heavy atom. The molecule has 1 heteroatoms. The topological polar surface area (TPSA) is 12.0 Å². The SMILES string of the molecule is Cc1cc(C)c(C(C)N[C@H](C)c2ccccc2C)c(C)c1. The van der Waals surface area contributed by atoms with Crippen molar-refractivity contribution in [2.45, 2.75) is 53.6 Å². The van der Waals surface area contributed by atoms with E-state index in [1.165, 1.54) is 33.4 Å². The Morgan fingerprint density at radius 3 is 1.90 bits per heavy atom. The molecule has 0 heterocycles. The molecular formula is C20H27N. The van der Waals surface area contributed by atoms with Gasteiger partial charge >= 0.3 is 0 Å². The molecule has 0 saturated heterocycles. The van der Waals surface area contributed by atoms with Crippen molar-refractivity contribution in [1.29, 1.82) is 0 Å². The van der Waals surface area contributed by atoms with Crippen molar-refractivity contribution in [3.63, 3.8) is 0 Å². The summed E-state index contributed by atoms with van der Waals surface area (Å²) in [7, 11) is 0. The van der Waals surface area contributed by atoms with Crippen LogP contribution >= 0.6 is 0 Å². The van der Waals surface area contributed by atoms with Crippen molar-refractivity contribution in [1.82, 2.24) is 5.32 Å². The summed E-state index contributed by atoms with van der Waals surface area (Å²) in [5.74, 6) is 0. The lowest BCUT2D eigenvalue weighted by Crippen LogP contribution is -2.24. The first kappa shape index (κ1) is 15.8. The summed E-state index contributed by atoms with van der Waals surface area (Å²) in [5.41, 5.74) is 8.26. The zero-order valence-corrected chi connectivity index (χ0v) is 14.1. The lowest BCUT2D eigenvalue weighted by molar-refractivity contribution is 0.490. The van der Waals surface area contributed by atoms with E-state index in [0.29, 0.717) is 12.1 Å². The minimum absolute atomic E-state index is 0.347. The van der Waals surface area contributed by atoms with Crippen LogP contribution in [-0.4, -0.2) is 0 Å². The van der Waals surface area contributed by atoms with Crippen LogP contribution < -0.4 is 5.32 Å². The second-order valence-electron chi connectivity index (χ2n) is 6.28. The summed E-state index contributed by atoms with van der Waals surface area (Å²) in [4.78, 5) is 0. The van der Waals surface area contributed by atoms with Gasteiger partial charge in [-0.15, -0.1) is 0 Å². The third kappa shape index (κ3) is 3.54. The monoisotopic (exact) mass is 281 g/mol. The largest absolute Gasteiger partial charge is 0.304 e. The fourth-order valence-electron chi connectivity index (χ4n) is 3.49. The average Bonchev–Trinajstić information content (AvgIpc) is 2.37. The molecule has 0 amide bonds. The van der Waals surface area contributed by atoms with Crippen LogP contribution in [0.2, 0.25) is 0 Å². The first-order valence-electron chi connectivity index (χ1n) is 7.79. The van der Waals surface area contributed by atoms with E-state index in [-0.39, 0.29) is 0 Å². The highest BCUT2D eigenvalue weighted by atomic mass is 14.9. The molecule has 0 aliphatic rings. The van der Waals surface area contributed by atoms with E-state index >= 15 is 0 Å². The number of benzene rings is 2. The Bertz CT molecular complexity index is 604. The van der Waals surface area contributed by atoms with E-state index in [4.69, 9.17) is 0 Å². The average molecular weight is 281 g/mol. The van der Waals surface area contributed by atoms with Crippen molar-refractivity contribution in [3.05, 3.63) is 69.8 Å². The summed E-state index contributed by atoms with van der Waals surface area (Å²) in [6, 6.07) is 13.9. The van der Waals surface area contributed by atoms with E-state index < -0.39 is 0 Å². The molecule has 2 aromatic carbocycles. The van der Waals surface area contributed by atoms with E-state index in [0.717, 1.165) is 0 Å². The van der Waals surface area contributed by atoms with Crippen LogP contribution in [0.4, 0.5) is 0 Å². The molecule has 0 radical (unpaired) electrons. The highest BCUT2D eigenvalue weighted by Crippen LogP contribution is 2.26. The van der Waals surface area contributed by atoms with Crippen LogP contribution in [0, 0.1) is 27.7 Å². The molecule has 1 nitrogen and oxygen atoms in total. The maximum Gasteiger partial charge on any atom is 0.0302 e. The first-order valence-corrected chi connectivity index (χ1v) is 7.79. The molecule has 0 spiro atoms. The molecule has 112 valence electrons. The second kappa shape index (κ2) is 6.44. The summed E-state index contributed by atoms with van der Waals surface area (Å²) >= 11 is 0. The standard InChI is InChI=1S/C20H27N/c1-13-11-15(3)20(16(4)12-13)18(6)21-17(5)19-10-8-7-9-14(19)2/h7-12,17-18,21H,1-6H3/t17-,18?/m1/s1. The Morgan fingerprint density at radius 2 is 1.33 bits per heavy atom.